The Labute approximate surface area is 133 Å². The first-order valence-corrected chi connectivity index (χ1v) is 7.72. The van der Waals surface area contributed by atoms with Gasteiger partial charge in [-0.2, -0.15) is 5.10 Å². The van der Waals surface area contributed by atoms with Gasteiger partial charge in [0, 0.05) is 34.3 Å². The molecule has 3 nitrogen and oxygen atoms in total. The summed E-state index contributed by atoms with van der Waals surface area (Å²) in [6.07, 6.45) is 3.98. The van der Waals surface area contributed by atoms with Crippen LogP contribution in [0.25, 0.3) is 0 Å². The van der Waals surface area contributed by atoms with Gasteiger partial charge in [-0.1, -0.05) is 33.6 Å². The van der Waals surface area contributed by atoms with Crippen molar-refractivity contribution >= 4 is 27.5 Å². The van der Waals surface area contributed by atoms with Crippen molar-refractivity contribution < 1.29 is 0 Å². The average Bonchev–Trinajstić information content (AvgIpc) is 2.80. The fourth-order valence-electron chi connectivity index (χ4n) is 1.82. The Bertz CT molecular complexity index is 587. The van der Waals surface area contributed by atoms with Crippen LogP contribution in [0.3, 0.4) is 0 Å². The highest BCUT2D eigenvalue weighted by Gasteiger charge is 2.13. The summed E-state index contributed by atoms with van der Waals surface area (Å²) in [6, 6.07) is 5.94. The summed E-state index contributed by atoms with van der Waals surface area (Å²) in [5.74, 6) is 0. The van der Waals surface area contributed by atoms with Gasteiger partial charge in [-0.15, -0.1) is 0 Å². The number of halogens is 2. The number of rotatable bonds is 4. The molecule has 0 saturated carbocycles. The zero-order valence-electron chi connectivity index (χ0n) is 12.0. The summed E-state index contributed by atoms with van der Waals surface area (Å²) < 4.78 is 2.98. The van der Waals surface area contributed by atoms with Crippen molar-refractivity contribution in [1.29, 1.82) is 0 Å². The molecule has 2 aromatic rings. The van der Waals surface area contributed by atoms with Gasteiger partial charge >= 0.3 is 0 Å². The molecular formula is C15H19BrClN3. The third-order valence-electron chi connectivity index (χ3n) is 2.98. The van der Waals surface area contributed by atoms with E-state index in [1.54, 1.807) is 0 Å². The number of nitrogens with zero attached hydrogens (tertiary/aromatic N) is 2. The first-order chi connectivity index (χ1) is 9.36. The van der Waals surface area contributed by atoms with Gasteiger partial charge in [0.25, 0.3) is 0 Å². The Balaban J connectivity index is 1.91. The molecule has 0 aliphatic heterocycles. The van der Waals surface area contributed by atoms with E-state index in [2.05, 4.69) is 53.3 Å². The SMILES string of the molecule is CC(C)(C)n1cc(CNCc2ccc(Br)cc2Cl)cn1. The molecule has 0 atom stereocenters. The minimum absolute atomic E-state index is 0.0211. The van der Waals surface area contributed by atoms with Gasteiger partial charge in [-0.25, -0.2) is 0 Å². The summed E-state index contributed by atoms with van der Waals surface area (Å²) in [6.45, 7) is 7.94. The lowest BCUT2D eigenvalue weighted by Gasteiger charge is -2.18. The highest BCUT2D eigenvalue weighted by Crippen LogP contribution is 2.21. The molecule has 2 rings (SSSR count). The topological polar surface area (TPSA) is 29.9 Å². The summed E-state index contributed by atoms with van der Waals surface area (Å²) in [5.41, 5.74) is 2.29. The normalized spacial score (nSPS) is 11.8. The molecule has 0 bridgehead atoms. The summed E-state index contributed by atoms with van der Waals surface area (Å²) in [5, 5.41) is 8.55. The monoisotopic (exact) mass is 355 g/mol. The van der Waals surface area contributed by atoms with Crippen molar-refractivity contribution in [3.63, 3.8) is 0 Å². The van der Waals surface area contributed by atoms with E-state index in [9.17, 15) is 0 Å². The summed E-state index contributed by atoms with van der Waals surface area (Å²) >= 11 is 9.60. The van der Waals surface area contributed by atoms with Crippen LogP contribution < -0.4 is 5.32 Å². The minimum atomic E-state index is 0.0211. The molecule has 1 heterocycles. The first-order valence-electron chi connectivity index (χ1n) is 6.55. The predicted molar refractivity (Wildman–Crippen MR) is 86.9 cm³/mol. The van der Waals surface area contributed by atoms with Crippen LogP contribution in [0.5, 0.6) is 0 Å². The molecule has 0 spiro atoms. The van der Waals surface area contributed by atoms with Crippen molar-refractivity contribution in [2.45, 2.75) is 39.4 Å². The number of hydrogen-bond donors (Lipinski definition) is 1. The van der Waals surface area contributed by atoms with Crippen LogP contribution in [0, 0.1) is 0 Å². The quantitative estimate of drug-likeness (QED) is 0.883. The van der Waals surface area contributed by atoms with Gasteiger partial charge in [0.05, 0.1) is 11.7 Å². The summed E-state index contributed by atoms with van der Waals surface area (Å²) in [7, 11) is 0. The van der Waals surface area contributed by atoms with Crippen molar-refractivity contribution in [1.82, 2.24) is 15.1 Å². The first kappa shape index (κ1) is 15.5. The molecule has 0 radical (unpaired) electrons. The third-order valence-corrected chi connectivity index (χ3v) is 3.83. The van der Waals surface area contributed by atoms with E-state index < -0.39 is 0 Å². The number of benzene rings is 1. The number of nitrogens with one attached hydrogen (secondary N) is 1. The van der Waals surface area contributed by atoms with E-state index in [4.69, 9.17) is 11.6 Å². The van der Waals surface area contributed by atoms with Crippen molar-refractivity contribution in [3.05, 3.63) is 51.2 Å². The van der Waals surface area contributed by atoms with Crippen molar-refractivity contribution in [2.75, 3.05) is 0 Å². The molecule has 0 fully saturated rings. The van der Waals surface area contributed by atoms with Gasteiger partial charge in [0.15, 0.2) is 0 Å². The van der Waals surface area contributed by atoms with E-state index in [1.807, 2.05) is 29.1 Å². The van der Waals surface area contributed by atoms with Crippen LogP contribution >= 0.6 is 27.5 Å². The molecule has 0 unspecified atom stereocenters. The smallest absolute Gasteiger partial charge is 0.0543 e. The second kappa shape index (κ2) is 6.29. The second-order valence-electron chi connectivity index (χ2n) is 5.80. The maximum atomic E-state index is 6.19. The molecule has 0 aliphatic carbocycles. The largest absolute Gasteiger partial charge is 0.308 e. The van der Waals surface area contributed by atoms with Gasteiger partial charge < -0.3 is 5.32 Å². The zero-order chi connectivity index (χ0) is 14.8. The maximum Gasteiger partial charge on any atom is 0.0543 e. The van der Waals surface area contributed by atoms with E-state index in [-0.39, 0.29) is 5.54 Å². The Morgan fingerprint density at radius 2 is 2.05 bits per heavy atom. The molecule has 1 N–H and O–H groups in total. The van der Waals surface area contributed by atoms with E-state index >= 15 is 0 Å². The number of aromatic nitrogens is 2. The lowest BCUT2D eigenvalue weighted by Crippen LogP contribution is -2.22. The number of hydrogen-bond acceptors (Lipinski definition) is 2. The zero-order valence-corrected chi connectivity index (χ0v) is 14.3. The van der Waals surface area contributed by atoms with Crippen molar-refractivity contribution in [2.24, 2.45) is 0 Å². The molecule has 1 aromatic heterocycles. The summed E-state index contributed by atoms with van der Waals surface area (Å²) in [4.78, 5) is 0. The Hall–Kier alpha value is -0.840. The van der Waals surface area contributed by atoms with Gasteiger partial charge in [-0.3, -0.25) is 4.68 Å². The standard InChI is InChI=1S/C15H19BrClN3/c1-15(2,3)20-10-11(8-19-20)7-18-9-12-4-5-13(16)6-14(12)17/h4-6,8,10,18H,7,9H2,1-3H3. The average molecular weight is 357 g/mol. The highest BCUT2D eigenvalue weighted by atomic mass is 79.9. The lowest BCUT2D eigenvalue weighted by atomic mass is 10.1. The van der Waals surface area contributed by atoms with Crippen LogP contribution in [-0.4, -0.2) is 9.78 Å². The highest BCUT2D eigenvalue weighted by molar-refractivity contribution is 9.10. The van der Waals surface area contributed by atoms with Crippen LogP contribution in [0.1, 0.15) is 31.9 Å². The molecule has 1 aromatic carbocycles. The van der Waals surface area contributed by atoms with Crippen molar-refractivity contribution in [3.8, 4) is 0 Å². The second-order valence-corrected chi connectivity index (χ2v) is 7.13. The van der Waals surface area contributed by atoms with Gasteiger partial charge in [0.2, 0.25) is 0 Å². The molecule has 20 heavy (non-hydrogen) atoms. The Kier molecular flexibility index (Phi) is 4.89. The van der Waals surface area contributed by atoms with Gasteiger partial charge in [0.1, 0.15) is 0 Å². The third kappa shape index (κ3) is 4.08. The Morgan fingerprint density at radius 1 is 1.30 bits per heavy atom. The van der Waals surface area contributed by atoms with E-state index in [0.717, 1.165) is 28.1 Å². The molecular weight excluding hydrogens is 338 g/mol. The van der Waals surface area contributed by atoms with Gasteiger partial charge in [-0.05, 0) is 38.5 Å². The minimum Gasteiger partial charge on any atom is -0.308 e. The predicted octanol–water partition coefficient (Wildman–Crippen LogP) is 4.34. The van der Waals surface area contributed by atoms with E-state index in [0.29, 0.717) is 0 Å². The van der Waals surface area contributed by atoms with E-state index in [1.165, 1.54) is 5.56 Å². The molecule has 0 saturated heterocycles. The van der Waals surface area contributed by atoms with Crippen LogP contribution in [0.4, 0.5) is 0 Å². The van der Waals surface area contributed by atoms with Crippen LogP contribution in [0.15, 0.2) is 35.1 Å². The van der Waals surface area contributed by atoms with Crippen LogP contribution in [0.2, 0.25) is 5.02 Å². The molecule has 0 amide bonds. The fraction of sp³-hybridized carbons (Fsp3) is 0.400. The Morgan fingerprint density at radius 3 is 2.65 bits per heavy atom. The lowest BCUT2D eigenvalue weighted by molar-refractivity contribution is 0.355. The van der Waals surface area contributed by atoms with Crippen LogP contribution in [-0.2, 0) is 18.6 Å². The maximum absolute atomic E-state index is 6.19. The molecule has 0 aliphatic rings. The molecule has 5 heteroatoms. The molecule has 108 valence electrons. The fourth-order valence-corrected chi connectivity index (χ4v) is 2.57.